The maximum atomic E-state index is 12.6. The van der Waals surface area contributed by atoms with Crippen molar-refractivity contribution in [3.63, 3.8) is 0 Å². The molecule has 2 aliphatic carbocycles. The zero-order valence-electron chi connectivity index (χ0n) is 12.2. The second kappa shape index (κ2) is 4.80. The summed E-state index contributed by atoms with van der Waals surface area (Å²) in [7, 11) is -3.31. The molecular formula is C16H22N2O2S. The van der Waals surface area contributed by atoms with Crippen molar-refractivity contribution in [3.8, 4) is 0 Å². The topological polar surface area (TPSA) is 49.4 Å². The second-order valence-electron chi connectivity index (χ2n) is 6.70. The van der Waals surface area contributed by atoms with Crippen LogP contribution in [0, 0.1) is 5.41 Å². The fourth-order valence-electron chi connectivity index (χ4n) is 3.91. The van der Waals surface area contributed by atoms with Gasteiger partial charge in [-0.25, -0.2) is 8.42 Å². The molecule has 0 amide bonds. The molecule has 2 saturated carbocycles. The van der Waals surface area contributed by atoms with Crippen LogP contribution >= 0.6 is 0 Å². The van der Waals surface area contributed by atoms with Crippen LogP contribution < -0.4 is 5.32 Å². The molecule has 1 spiro atoms. The lowest BCUT2D eigenvalue weighted by Crippen LogP contribution is -2.46. The van der Waals surface area contributed by atoms with Crippen LogP contribution in [0.2, 0.25) is 0 Å². The van der Waals surface area contributed by atoms with Gasteiger partial charge in [0.1, 0.15) is 0 Å². The summed E-state index contributed by atoms with van der Waals surface area (Å²) in [6.45, 7) is 2.61. The maximum Gasteiger partial charge on any atom is 0.243 e. The first-order valence-electron chi connectivity index (χ1n) is 7.93. The Hall–Kier alpha value is -0.910. The van der Waals surface area contributed by atoms with E-state index in [9.17, 15) is 8.42 Å². The number of nitrogens with one attached hydrogen (secondary N) is 1. The van der Waals surface area contributed by atoms with E-state index in [-0.39, 0.29) is 0 Å². The average Bonchev–Trinajstić information content (AvgIpc) is 3.24. The third kappa shape index (κ3) is 2.22. The molecule has 1 aromatic carbocycles. The molecular weight excluding hydrogens is 284 g/mol. The Kier molecular flexibility index (Phi) is 3.14. The quantitative estimate of drug-likeness (QED) is 0.928. The first kappa shape index (κ1) is 13.7. The largest absolute Gasteiger partial charge is 0.314 e. The molecule has 1 unspecified atom stereocenters. The highest BCUT2D eigenvalue weighted by Gasteiger charge is 2.57. The van der Waals surface area contributed by atoms with Gasteiger partial charge in [-0.3, -0.25) is 0 Å². The van der Waals surface area contributed by atoms with Crippen molar-refractivity contribution >= 4 is 10.0 Å². The summed E-state index contributed by atoms with van der Waals surface area (Å²) in [6.07, 6.45) is 5.39. The third-order valence-corrected chi connectivity index (χ3v) is 7.45. The maximum absolute atomic E-state index is 12.6. The van der Waals surface area contributed by atoms with Gasteiger partial charge < -0.3 is 5.32 Å². The van der Waals surface area contributed by atoms with Gasteiger partial charge in [0.05, 0.1) is 4.90 Å². The number of hydrogen-bond donors (Lipinski definition) is 1. The Morgan fingerprint density at radius 2 is 1.76 bits per heavy atom. The summed E-state index contributed by atoms with van der Waals surface area (Å²) in [5, 5.41) is 3.19. The van der Waals surface area contributed by atoms with Crippen molar-refractivity contribution in [1.82, 2.24) is 9.62 Å². The fourth-order valence-corrected chi connectivity index (χ4v) is 5.35. The normalized spacial score (nSPS) is 28.3. The van der Waals surface area contributed by atoms with Gasteiger partial charge in [0.15, 0.2) is 0 Å². The first-order chi connectivity index (χ1) is 10.1. The molecule has 1 aliphatic heterocycles. The highest BCUT2D eigenvalue weighted by molar-refractivity contribution is 7.89. The van der Waals surface area contributed by atoms with Crippen molar-refractivity contribution in [2.24, 2.45) is 5.41 Å². The smallest absolute Gasteiger partial charge is 0.243 e. The molecule has 1 aromatic rings. The van der Waals surface area contributed by atoms with Crippen LogP contribution in [0.4, 0.5) is 0 Å². The van der Waals surface area contributed by atoms with E-state index in [4.69, 9.17) is 0 Å². The van der Waals surface area contributed by atoms with Gasteiger partial charge in [-0.1, -0.05) is 18.6 Å². The highest BCUT2D eigenvalue weighted by Crippen LogP contribution is 2.70. The van der Waals surface area contributed by atoms with Crippen LogP contribution in [0.3, 0.4) is 0 Å². The summed E-state index contributed by atoms with van der Waals surface area (Å²) in [5.74, 6) is 0.683. The Balaban J connectivity index is 1.53. The van der Waals surface area contributed by atoms with Gasteiger partial charge in [0.2, 0.25) is 10.0 Å². The van der Waals surface area contributed by atoms with E-state index in [1.807, 2.05) is 12.1 Å². The van der Waals surface area contributed by atoms with Crippen LogP contribution in [0.25, 0.3) is 0 Å². The van der Waals surface area contributed by atoms with E-state index in [1.54, 1.807) is 16.4 Å². The predicted molar refractivity (Wildman–Crippen MR) is 81.7 cm³/mol. The minimum atomic E-state index is -3.31. The van der Waals surface area contributed by atoms with Gasteiger partial charge in [-0.2, -0.15) is 4.31 Å². The Bertz CT molecular complexity index is 629. The molecule has 114 valence electrons. The molecule has 1 saturated heterocycles. The molecule has 21 heavy (non-hydrogen) atoms. The van der Waals surface area contributed by atoms with E-state index in [1.165, 1.54) is 31.2 Å². The summed E-state index contributed by atoms with van der Waals surface area (Å²) in [5.41, 5.74) is 1.92. The third-order valence-electron chi connectivity index (χ3n) is 5.54. The molecule has 3 fully saturated rings. The predicted octanol–water partition coefficient (Wildman–Crippen LogP) is 1.94. The minimum absolute atomic E-state index is 0.441. The van der Waals surface area contributed by atoms with Crippen molar-refractivity contribution in [3.05, 3.63) is 29.8 Å². The first-order valence-corrected chi connectivity index (χ1v) is 9.37. The molecule has 5 heteroatoms. The number of rotatable bonds is 3. The fraction of sp³-hybridized carbons (Fsp3) is 0.625. The zero-order chi connectivity index (χ0) is 14.5. The van der Waals surface area contributed by atoms with Crippen LogP contribution in [0.5, 0.6) is 0 Å². The SMILES string of the molecule is O=S(=O)(c1ccc(C2CC23CCC3)cc1)N1CCNCC1. The van der Waals surface area contributed by atoms with Crippen LogP contribution in [0.15, 0.2) is 29.2 Å². The summed E-state index contributed by atoms with van der Waals surface area (Å²) < 4.78 is 26.7. The van der Waals surface area contributed by atoms with E-state index in [0.717, 1.165) is 13.1 Å². The molecule has 1 atom stereocenters. The number of piperazine rings is 1. The number of sulfonamides is 1. The van der Waals surface area contributed by atoms with Gasteiger partial charge >= 0.3 is 0 Å². The van der Waals surface area contributed by atoms with Gasteiger partial charge in [0, 0.05) is 26.2 Å². The summed E-state index contributed by atoms with van der Waals surface area (Å²) in [6, 6.07) is 7.68. The van der Waals surface area contributed by atoms with E-state index >= 15 is 0 Å². The highest BCUT2D eigenvalue weighted by atomic mass is 32.2. The van der Waals surface area contributed by atoms with Crippen LogP contribution in [-0.4, -0.2) is 38.9 Å². The van der Waals surface area contributed by atoms with Gasteiger partial charge in [0.25, 0.3) is 0 Å². The zero-order valence-corrected chi connectivity index (χ0v) is 13.0. The lowest BCUT2D eigenvalue weighted by molar-refractivity contribution is 0.277. The van der Waals surface area contributed by atoms with Gasteiger partial charge in [-0.15, -0.1) is 0 Å². The van der Waals surface area contributed by atoms with Crippen LogP contribution in [-0.2, 0) is 10.0 Å². The van der Waals surface area contributed by atoms with Gasteiger partial charge in [-0.05, 0) is 48.3 Å². The Labute approximate surface area is 126 Å². The monoisotopic (exact) mass is 306 g/mol. The number of hydrogen-bond acceptors (Lipinski definition) is 3. The Morgan fingerprint density at radius 1 is 1.10 bits per heavy atom. The Morgan fingerprint density at radius 3 is 2.29 bits per heavy atom. The molecule has 1 N–H and O–H groups in total. The van der Waals surface area contributed by atoms with Crippen molar-refractivity contribution in [2.45, 2.75) is 36.5 Å². The standard InChI is InChI=1S/C16H22N2O2S/c19-21(20,18-10-8-17-9-11-18)14-4-2-13(3-5-14)15-12-16(15)6-1-7-16/h2-5,15,17H,1,6-12H2. The summed E-state index contributed by atoms with van der Waals surface area (Å²) in [4.78, 5) is 0.441. The summed E-state index contributed by atoms with van der Waals surface area (Å²) >= 11 is 0. The number of benzene rings is 1. The average molecular weight is 306 g/mol. The lowest BCUT2D eigenvalue weighted by Gasteiger charge is -2.27. The second-order valence-corrected chi connectivity index (χ2v) is 8.63. The molecule has 0 bridgehead atoms. The molecule has 3 aliphatic rings. The molecule has 1 heterocycles. The molecule has 0 radical (unpaired) electrons. The molecule has 0 aromatic heterocycles. The van der Waals surface area contributed by atoms with E-state index < -0.39 is 10.0 Å². The molecule has 4 nitrogen and oxygen atoms in total. The van der Waals surface area contributed by atoms with E-state index in [2.05, 4.69) is 5.32 Å². The van der Waals surface area contributed by atoms with Crippen molar-refractivity contribution in [2.75, 3.05) is 26.2 Å². The number of nitrogens with zero attached hydrogens (tertiary/aromatic N) is 1. The van der Waals surface area contributed by atoms with E-state index in [0.29, 0.717) is 29.3 Å². The van der Waals surface area contributed by atoms with Crippen molar-refractivity contribution in [1.29, 1.82) is 0 Å². The lowest BCUT2D eigenvalue weighted by atomic mass is 9.78. The van der Waals surface area contributed by atoms with Crippen LogP contribution in [0.1, 0.15) is 37.2 Å². The van der Waals surface area contributed by atoms with Crippen molar-refractivity contribution < 1.29 is 8.42 Å². The molecule has 4 rings (SSSR count). The minimum Gasteiger partial charge on any atom is -0.314 e.